The maximum absolute atomic E-state index is 10.1. The Hall–Kier alpha value is -0.613. The molecule has 0 aromatic carbocycles. The molecular formula is C10H20N2OSi. The molecule has 0 amide bonds. The Balaban J connectivity index is 2.53. The van der Waals surface area contributed by atoms with Crippen LogP contribution in [0.3, 0.4) is 0 Å². The topological polar surface area (TPSA) is 48.9 Å². The van der Waals surface area contributed by atoms with Crippen LogP contribution in [0.5, 0.6) is 0 Å². The van der Waals surface area contributed by atoms with Crippen LogP contribution in [0.2, 0.25) is 18.1 Å². The van der Waals surface area contributed by atoms with Crippen LogP contribution in [0.25, 0.3) is 0 Å². The lowest BCUT2D eigenvalue weighted by molar-refractivity contribution is 0.450. The molecule has 0 aliphatic heterocycles. The molecule has 0 aliphatic rings. The van der Waals surface area contributed by atoms with E-state index >= 15 is 0 Å². The zero-order valence-corrected chi connectivity index (χ0v) is 10.5. The van der Waals surface area contributed by atoms with E-state index in [1.807, 2.05) is 19.3 Å². The van der Waals surface area contributed by atoms with Crippen molar-refractivity contribution >= 4 is 8.32 Å². The first-order chi connectivity index (χ1) is 6.33. The summed E-state index contributed by atoms with van der Waals surface area (Å²) in [5, 5.41) is 0.0476. The highest BCUT2D eigenvalue weighted by Gasteiger charge is 2.37. The highest BCUT2D eigenvalue weighted by molar-refractivity contribution is 6.72. The summed E-state index contributed by atoms with van der Waals surface area (Å²) in [4.78, 5) is 17.2. The van der Waals surface area contributed by atoms with Crippen molar-refractivity contribution in [3.63, 3.8) is 0 Å². The second-order valence-electron chi connectivity index (χ2n) is 5.00. The van der Waals surface area contributed by atoms with Crippen LogP contribution in [0.15, 0.2) is 12.5 Å². The second kappa shape index (κ2) is 3.86. The standard InChI is InChI=1S/C10H20N2OSi/c1-10(2,14(3,4)13)6-5-9-7-11-8-12-9/h7-8,13H,5-6H2,1-4H3,(H,11,12). The number of rotatable bonds is 4. The quantitative estimate of drug-likeness (QED) is 0.753. The van der Waals surface area contributed by atoms with Gasteiger partial charge in [0.15, 0.2) is 8.32 Å². The molecule has 1 aromatic heterocycles. The first kappa shape index (κ1) is 11.5. The molecule has 1 aromatic rings. The van der Waals surface area contributed by atoms with E-state index < -0.39 is 8.32 Å². The van der Waals surface area contributed by atoms with Gasteiger partial charge in [0, 0.05) is 6.20 Å². The van der Waals surface area contributed by atoms with Crippen molar-refractivity contribution in [1.29, 1.82) is 0 Å². The third-order valence-corrected chi connectivity index (χ3v) is 6.78. The Kier molecular flexibility index (Phi) is 3.16. The lowest BCUT2D eigenvalue weighted by Crippen LogP contribution is -2.39. The fourth-order valence-corrected chi connectivity index (χ4v) is 1.91. The summed E-state index contributed by atoms with van der Waals surface area (Å²) >= 11 is 0. The first-order valence-electron chi connectivity index (χ1n) is 5.03. The van der Waals surface area contributed by atoms with Crippen molar-refractivity contribution < 1.29 is 4.80 Å². The average Bonchev–Trinajstić information content (AvgIpc) is 2.50. The summed E-state index contributed by atoms with van der Waals surface area (Å²) in [6.45, 7) is 8.28. The van der Waals surface area contributed by atoms with E-state index in [1.54, 1.807) is 6.33 Å². The van der Waals surface area contributed by atoms with Crippen molar-refractivity contribution in [2.24, 2.45) is 0 Å². The van der Waals surface area contributed by atoms with Gasteiger partial charge in [0.25, 0.3) is 0 Å². The molecule has 1 heterocycles. The SMILES string of the molecule is CC(C)(CCc1c[nH]cn1)[Si](C)(C)O. The molecule has 0 unspecified atom stereocenters. The molecule has 0 saturated heterocycles. The monoisotopic (exact) mass is 212 g/mol. The zero-order valence-electron chi connectivity index (χ0n) is 9.46. The molecule has 2 N–H and O–H groups in total. The lowest BCUT2D eigenvalue weighted by atomic mass is 10.1. The van der Waals surface area contributed by atoms with E-state index in [9.17, 15) is 4.80 Å². The lowest BCUT2D eigenvalue weighted by Gasteiger charge is -2.34. The van der Waals surface area contributed by atoms with Gasteiger partial charge < -0.3 is 9.78 Å². The summed E-state index contributed by atoms with van der Waals surface area (Å²) in [5.41, 5.74) is 1.08. The molecule has 14 heavy (non-hydrogen) atoms. The van der Waals surface area contributed by atoms with Crippen molar-refractivity contribution in [3.05, 3.63) is 18.2 Å². The van der Waals surface area contributed by atoms with E-state index in [0.29, 0.717) is 0 Å². The molecule has 1 rings (SSSR count). The van der Waals surface area contributed by atoms with Crippen LogP contribution in [0.1, 0.15) is 26.0 Å². The summed E-state index contributed by atoms with van der Waals surface area (Å²) in [5.74, 6) is 0. The van der Waals surface area contributed by atoms with E-state index in [2.05, 4.69) is 23.8 Å². The van der Waals surface area contributed by atoms with Gasteiger partial charge in [0.1, 0.15) is 0 Å². The number of imidazole rings is 1. The second-order valence-corrected chi connectivity index (χ2v) is 9.48. The highest BCUT2D eigenvalue weighted by Crippen LogP contribution is 2.39. The Morgan fingerprint density at radius 3 is 2.57 bits per heavy atom. The molecule has 3 nitrogen and oxygen atoms in total. The van der Waals surface area contributed by atoms with Crippen molar-refractivity contribution in [2.75, 3.05) is 0 Å². The van der Waals surface area contributed by atoms with Crippen molar-refractivity contribution in [3.8, 4) is 0 Å². The van der Waals surface area contributed by atoms with Crippen LogP contribution in [-0.4, -0.2) is 23.1 Å². The minimum atomic E-state index is -2.06. The van der Waals surface area contributed by atoms with Gasteiger partial charge >= 0.3 is 0 Å². The predicted octanol–water partition coefficient (Wildman–Crippen LogP) is 2.32. The molecule has 80 valence electrons. The average molecular weight is 212 g/mol. The molecule has 0 spiro atoms. The maximum atomic E-state index is 10.1. The normalized spacial score (nSPS) is 13.2. The van der Waals surface area contributed by atoms with Crippen LogP contribution in [0, 0.1) is 0 Å². The van der Waals surface area contributed by atoms with Crippen LogP contribution >= 0.6 is 0 Å². The highest BCUT2D eigenvalue weighted by atomic mass is 28.4. The number of hydrogen-bond acceptors (Lipinski definition) is 2. The molecular weight excluding hydrogens is 192 g/mol. The van der Waals surface area contributed by atoms with Gasteiger partial charge in [0.05, 0.1) is 12.0 Å². The van der Waals surface area contributed by atoms with Gasteiger partial charge in [-0.1, -0.05) is 13.8 Å². The Morgan fingerprint density at radius 1 is 1.50 bits per heavy atom. The third kappa shape index (κ3) is 2.69. The Labute approximate surface area is 86.7 Å². The fraction of sp³-hybridized carbons (Fsp3) is 0.700. The van der Waals surface area contributed by atoms with E-state index in [0.717, 1.165) is 18.5 Å². The molecule has 0 atom stereocenters. The summed E-state index contributed by atoms with van der Waals surface area (Å²) < 4.78 is 0. The largest absolute Gasteiger partial charge is 0.432 e. The molecule has 0 bridgehead atoms. The third-order valence-electron chi connectivity index (χ3n) is 3.22. The first-order valence-corrected chi connectivity index (χ1v) is 7.98. The maximum Gasteiger partial charge on any atom is 0.188 e. The Bertz CT molecular complexity index is 275. The van der Waals surface area contributed by atoms with Crippen molar-refractivity contribution in [2.45, 2.75) is 44.8 Å². The van der Waals surface area contributed by atoms with Crippen LogP contribution in [0.4, 0.5) is 0 Å². The molecule has 0 aliphatic carbocycles. The number of aryl methyl sites for hydroxylation is 1. The predicted molar refractivity (Wildman–Crippen MR) is 60.7 cm³/mol. The molecule has 0 fully saturated rings. The number of H-pyrrole nitrogens is 1. The summed E-state index contributed by atoms with van der Waals surface area (Å²) in [6.07, 6.45) is 5.55. The number of aromatic amines is 1. The Morgan fingerprint density at radius 2 is 2.14 bits per heavy atom. The van der Waals surface area contributed by atoms with Crippen molar-refractivity contribution in [1.82, 2.24) is 9.97 Å². The molecule has 0 saturated carbocycles. The summed E-state index contributed by atoms with van der Waals surface area (Å²) in [6, 6.07) is 0. The fourth-order valence-electron chi connectivity index (χ4n) is 1.17. The number of nitrogens with one attached hydrogen (secondary N) is 1. The zero-order chi connectivity index (χ0) is 10.8. The van der Waals surface area contributed by atoms with E-state index in [4.69, 9.17) is 0 Å². The minimum absolute atomic E-state index is 0.0476. The van der Waals surface area contributed by atoms with E-state index in [-0.39, 0.29) is 5.04 Å². The molecule has 0 radical (unpaired) electrons. The van der Waals surface area contributed by atoms with Crippen LogP contribution < -0.4 is 0 Å². The number of aromatic nitrogens is 2. The van der Waals surface area contributed by atoms with Gasteiger partial charge in [0.2, 0.25) is 0 Å². The number of hydrogen-bond donors (Lipinski definition) is 2. The van der Waals surface area contributed by atoms with Gasteiger partial charge in [-0.3, -0.25) is 0 Å². The number of nitrogens with zero attached hydrogens (tertiary/aromatic N) is 1. The smallest absolute Gasteiger partial charge is 0.188 e. The summed E-state index contributed by atoms with van der Waals surface area (Å²) in [7, 11) is -2.06. The molecule has 4 heteroatoms. The van der Waals surface area contributed by atoms with Crippen LogP contribution in [-0.2, 0) is 6.42 Å². The van der Waals surface area contributed by atoms with Gasteiger partial charge in [-0.25, -0.2) is 4.98 Å². The van der Waals surface area contributed by atoms with E-state index in [1.165, 1.54) is 0 Å². The van der Waals surface area contributed by atoms with Gasteiger partial charge in [-0.2, -0.15) is 0 Å². The minimum Gasteiger partial charge on any atom is -0.432 e. The van der Waals surface area contributed by atoms with Gasteiger partial charge in [-0.15, -0.1) is 0 Å². The van der Waals surface area contributed by atoms with Gasteiger partial charge in [-0.05, 0) is 31.0 Å².